The standard InChI is InChI=1S/C22H31N5O/c1-21(2,3)19-24-12-16-14-27(10-8-18(16)25-19)13-15-11-23-9-7-17(15)26-20(28)22(4,5)6/h7,9,11-12H,8,10,13-14H2,1-6H3,(H,23,26,28). The Bertz CT molecular complexity index is 864. The maximum absolute atomic E-state index is 12.4. The first-order valence-corrected chi connectivity index (χ1v) is 9.86. The van der Waals surface area contributed by atoms with Crippen molar-refractivity contribution in [2.75, 3.05) is 11.9 Å². The van der Waals surface area contributed by atoms with Gasteiger partial charge >= 0.3 is 0 Å². The van der Waals surface area contributed by atoms with E-state index in [1.54, 1.807) is 6.20 Å². The minimum atomic E-state index is -0.438. The van der Waals surface area contributed by atoms with Gasteiger partial charge < -0.3 is 5.32 Å². The third-order valence-electron chi connectivity index (χ3n) is 4.91. The van der Waals surface area contributed by atoms with Crippen molar-refractivity contribution in [2.45, 2.75) is 66.5 Å². The highest BCUT2D eigenvalue weighted by atomic mass is 16.2. The predicted molar refractivity (Wildman–Crippen MR) is 111 cm³/mol. The lowest BCUT2D eigenvalue weighted by atomic mass is 9.95. The first-order chi connectivity index (χ1) is 13.0. The minimum absolute atomic E-state index is 0.00653. The molecule has 0 aliphatic carbocycles. The summed E-state index contributed by atoms with van der Waals surface area (Å²) in [7, 11) is 0. The van der Waals surface area contributed by atoms with Crippen LogP contribution in [0.5, 0.6) is 0 Å². The Balaban J connectivity index is 1.74. The van der Waals surface area contributed by atoms with Crippen LogP contribution in [0.4, 0.5) is 5.69 Å². The summed E-state index contributed by atoms with van der Waals surface area (Å²) in [6.45, 7) is 14.6. The highest BCUT2D eigenvalue weighted by Gasteiger charge is 2.25. The van der Waals surface area contributed by atoms with E-state index in [2.05, 4.69) is 41.0 Å². The summed E-state index contributed by atoms with van der Waals surface area (Å²) in [5, 5.41) is 3.05. The van der Waals surface area contributed by atoms with Gasteiger partial charge in [0, 0.05) is 78.0 Å². The van der Waals surface area contributed by atoms with Gasteiger partial charge in [0.05, 0.1) is 0 Å². The summed E-state index contributed by atoms with van der Waals surface area (Å²) < 4.78 is 0. The van der Waals surface area contributed by atoms with E-state index in [-0.39, 0.29) is 11.3 Å². The quantitative estimate of drug-likeness (QED) is 0.877. The molecular weight excluding hydrogens is 350 g/mol. The van der Waals surface area contributed by atoms with Crippen molar-refractivity contribution in [1.82, 2.24) is 19.9 Å². The second-order valence-electron chi connectivity index (χ2n) is 9.61. The average Bonchev–Trinajstić information content (AvgIpc) is 2.61. The zero-order valence-electron chi connectivity index (χ0n) is 17.8. The van der Waals surface area contributed by atoms with Crippen LogP contribution in [0.2, 0.25) is 0 Å². The molecule has 0 saturated heterocycles. The Morgan fingerprint density at radius 3 is 2.61 bits per heavy atom. The highest BCUT2D eigenvalue weighted by molar-refractivity contribution is 5.95. The molecule has 0 spiro atoms. The molecule has 0 unspecified atom stereocenters. The fourth-order valence-corrected chi connectivity index (χ4v) is 3.10. The smallest absolute Gasteiger partial charge is 0.229 e. The summed E-state index contributed by atoms with van der Waals surface area (Å²) >= 11 is 0. The lowest BCUT2D eigenvalue weighted by Gasteiger charge is -2.29. The number of carbonyl (C=O) groups is 1. The maximum Gasteiger partial charge on any atom is 0.229 e. The minimum Gasteiger partial charge on any atom is -0.325 e. The second kappa shape index (κ2) is 7.59. The number of anilines is 1. The fourth-order valence-electron chi connectivity index (χ4n) is 3.10. The van der Waals surface area contributed by atoms with Crippen LogP contribution < -0.4 is 5.32 Å². The van der Waals surface area contributed by atoms with Gasteiger partial charge in [0.2, 0.25) is 5.91 Å². The number of rotatable bonds is 3. The molecule has 0 aromatic carbocycles. The number of aromatic nitrogens is 3. The van der Waals surface area contributed by atoms with Crippen molar-refractivity contribution in [3.63, 3.8) is 0 Å². The summed E-state index contributed by atoms with van der Waals surface area (Å²) in [4.78, 5) is 28.4. The predicted octanol–water partition coefficient (Wildman–Crippen LogP) is 3.71. The summed E-state index contributed by atoms with van der Waals surface area (Å²) in [5.41, 5.74) is 3.72. The Hall–Kier alpha value is -2.34. The number of fused-ring (bicyclic) bond motifs is 1. The Morgan fingerprint density at radius 1 is 1.18 bits per heavy atom. The molecule has 1 aliphatic rings. The first kappa shape index (κ1) is 20.4. The number of carbonyl (C=O) groups excluding carboxylic acids is 1. The lowest BCUT2D eigenvalue weighted by molar-refractivity contribution is -0.123. The van der Waals surface area contributed by atoms with Crippen LogP contribution in [0.3, 0.4) is 0 Å². The van der Waals surface area contributed by atoms with E-state index in [4.69, 9.17) is 4.98 Å². The van der Waals surface area contributed by atoms with Crippen LogP contribution in [0.25, 0.3) is 0 Å². The van der Waals surface area contributed by atoms with Crippen LogP contribution in [0, 0.1) is 5.41 Å². The molecule has 1 amide bonds. The Kier molecular flexibility index (Phi) is 5.53. The molecule has 3 rings (SSSR count). The van der Waals surface area contributed by atoms with Gasteiger partial charge in [-0.25, -0.2) is 9.97 Å². The lowest BCUT2D eigenvalue weighted by Crippen LogP contribution is -2.33. The van der Waals surface area contributed by atoms with E-state index in [1.807, 2.05) is 39.2 Å². The Labute approximate surface area is 167 Å². The van der Waals surface area contributed by atoms with Crippen molar-refractivity contribution in [2.24, 2.45) is 5.41 Å². The van der Waals surface area contributed by atoms with Crippen LogP contribution in [0.15, 0.2) is 24.7 Å². The van der Waals surface area contributed by atoms with E-state index >= 15 is 0 Å². The summed E-state index contributed by atoms with van der Waals surface area (Å²) in [6.07, 6.45) is 6.44. The molecule has 1 aliphatic heterocycles. The molecule has 2 aromatic rings. The highest BCUT2D eigenvalue weighted by Crippen LogP contribution is 2.25. The Morgan fingerprint density at radius 2 is 1.93 bits per heavy atom. The van der Waals surface area contributed by atoms with Crippen LogP contribution in [-0.4, -0.2) is 32.3 Å². The van der Waals surface area contributed by atoms with Crippen molar-refractivity contribution in [1.29, 1.82) is 0 Å². The van der Waals surface area contributed by atoms with Gasteiger partial charge in [0.15, 0.2) is 0 Å². The molecule has 0 radical (unpaired) electrons. The molecule has 0 saturated carbocycles. The number of pyridine rings is 1. The third-order valence-corrected chi connectivity index (χ3v) is 4.91. The zero-order chi connectivity index (χ0) is 20.5. The van der Waals surface area contributed by atoms with Crippen molar-refractivity contribution in [3.05, 3.63) is 47.3 Å². The molecule has 0 fully saturated rings. The summed E-state index contributed by atoms with van der Waals surface area (Å²) in [6, 6.07) is 1.87. The van der Waals surface area contributed by atoms with Crippen LogP contribution >= 0.6 is 0 Å². The number of hydrogen-bond acceptors (Lipinski definition) is 5. The van der Waals surface area contributed by atoms with Crippen LogP contribution in [-0.2, 0) is 29.7 Å². The fraction of sp³-hybridized carbons (Fsp3) is 0.545. The van der Waals surface area contributed by atoms with Gasteiger partial charge in [0.25, 0.3) is 0 Å². The van der Waals surface area contributed by atoms with Gasteiger partial charge in [0.1, 0.15) is 5.82 Å². The van der Waals surface area contributed by atoms with E-state index in [0.29, 0.717) is 0 Å². The van der Waals surface area contributed by atoms with Crippen LogP contribution in [0.1, 0.15) is 64.2 Å². The van der Waals surface area contributed by atoms with Gasteiger partial charge in [-0.3, -0.25) is 14.7 Å². The first-order valence-electron chi connectivity index (χ1n) is 9.86. The molecule has 2 aromatic heterocycles. The molecule has 0 atom stereocenters. The molecule has 0 bridgehead atoms. The van der Waals surface area contributed by atoms with E-state index < -0.39 is 5.41 Å². The van der Waals surface area contributed by atoms with Crippen molar-refractivity contribution >= 4 is 11.6 Å². The van der Waals surface area contributed by atoms with E-state index in [0.717, 1.165) is 48.8 Å². The normalized spacial score (nSPS) is 15.2. The number of nitrogens with one attached hydrogen (secondary N) is 1. The number of amides is 1. The largest absolute Gasteiger partial charge is 0.325 e. The van der Waals surface area contributed by atoms with E-state index in [9.17, 15) is 4.79 Å². The monoisotopic (exact) mass is 381 g/mol. The zero-order valence-corrected chi connectivity index (χ0v) is 17.8. The van der Waals surface area contributed by atoms with Gasteiger partial charge in [-0.15, -0.1) is 0 Å². The van der Waals surface area contributed by atoms with Crippen molar-refractivity contribution in [3.8, 4) is 0 Å². The molecule has 6 heteroatoms. The van der Waals surface area contributed by atoms with Gasteiger partial charge in [-0.2, -0.15) is 0 Å². The topological polar surface area (TPSA) is 71.0 Å². The second-order valence-corrected chi connectivity index (χ2v) is 9.61. The third kappa shape index (κ3) is 4.73. The number of hydrogen-bond donors (Lipinski definition) is 1. The van der Waals surface area contributed by atoms with E-state index in [1.165, 1.54) is 5.56 Å². The molecular formula is C22H31N5O. The molecule has 6 nitrogen and oxygen atoms in total. The van der Waals surface area contributed by atoms with Gasteiger partial charge in [-0.05, 0) is 6.07 Å². The molecule has 150 valence electrons. The molecule has 3 heterocycles. The molecule has 1 N–H and O–H groups in total. The summed E-state index contributed by atoms with van der Waals surface area (Å²) in [5.74, 6) is 0.909. The maximum atomic E-state index is 12.4. The van der Waals surface area contributed by atoms with Gasteiger partial charge in [-0.1, -0.05) is 41.5 Å². The average molecular weight is 382 g/mol. The number of nitrogens with zero attached hydrogens (tertiary/aromatic N) is 4. The SMILES string of the molecule is CC(C)(C)C(=O)Nc1ccncc1CN1CCc2nc(C(C)(C)C)ncc2C1. The van der Waals surface area contributed by atoms with Crippen molar-refractivity contribution < 1.29 is 4.79 Å². The molecule has 28 heavy (non-hydrogen) atoms.